The first-order valence-electron chi connectivity index (χ1n) is 6.82. The molecule has 0 spiro atoms. The molecule has 0 amide bonds. The molecule has 0 aliphatic heterocycles. The predicted octanol–water partition coefficient (Wildman–Crippen LogP) is 1.52. The molecule has 0 radical (unpaired) electrons. The number of tetrazole rings is 1. The van der Waals surface area contributed by atoms with Crippen LogP contribution in [0.3, 0.4) is 0 Å². The normalized spacial score (nSPS) is 11.4. The zero-order valence-corrected chi connectivity index (χ0v) is 12.6. The van der Waals surface area contributed by atoms with Crippen LogP contribution in [0.15, 0.2) is 17.4 Å². The highest BCUT2D eigenvalue weighted by atomic mass is 32.2. The largest absolute Gasteiger partial charge is 0.394 e. The number of rotatable bonds is 8. The summed E-state index contributed by atoms with van der Waals surface area (Å²) in [6.45, 7) is 4.79. The zero-order chi connectivity index (χ0) is 14.4. The van der Waals surface area contributed by atoms with E-state index in [0.29, 0.717) is 17.7 Å². The van der Waals surface area contributed by atoms with Gasteiger partial charge in [0.05, 0.1) is 24.9 Å². The Morgan fingerprint density at radius 3 is 2.85 bits per heavy atom. The first kappa shape index (κ1) is 15.0. The summed E-state index contributed by atoms with van der Waals surface area (Å²) in [4.78, 5) is 0. The van der Waals surface area contributed by atoms with Crippen LogP contribution in [0.2, 0.25) is 0 Å². The fourth-order valence-corrected chi connectivity index (χ4v) is 2.80. The quantitative estimate of drug-likeness (QED) is 0.744. The SMILES string of the molecule is CCC(CC)n1ccc(CSc2nnnn2CCO)n1. The number of aromatic nitrogens is 6. The van der Waals surface area contributed by atoms with Gasteiger partial charge in [-0.05, 0) is 29.3 Å². The van der Waals surface area contributed by atoms with Gasteiger partial charge in [-0.1, -0.05) is 25.6 Å². The summed E-state index contributed by atoms with van der Waals surface area (Å²) in [7, 11) is 0. The second-order valence-corrected chi connectivity index (χ2v) is 5.40. The van der Waals surface area contributed by atoms with E-state index >= 15 is 0 Å². The Kier molecular flexibility index (Phi) is 5.54. The molecule has 0 saturated carbocycles. The fourth-order valence-electron chi connectivity index (χ4n) is 1.99. The molecule has 110 valence electrons. The van der Waals surface area contributed by atoms with E-state index in [0.717, 1.165) is 24.3 Å². The summed E-state index contributed by atoms with van der Waals surface area (Å²) in [6.07, 6.45) is 4.20. The van der Waals surface area contributed by atoms with E-state index in [1.807, 2.05) is 16.9 Å². The van der Waals surface area contributed by atoms with Crippen LogP contribution in [-0.2, 0) is 12.3 Å². The molecule has 0 saturated heterocycles. The Balaban J connectivity index is 1.95. The lowest BCUT2D eigenvalue weighted by Gasteiger charge is -2.12. The molecule has 1 N–H and O–H groups in total. The van der Waals surface area contributed by atoms with Gasteiger partial charge in [0.2, 0.25) is 5.16 Å². The molecule has 2 aromatic rings. The lowest BCUT2D eigenvalue weighted by molar-refractivity contribution is 0.262. The Morgan fingerprint density at radius 1 is 1.35 bits per heavy atom. The maximum atomic E-state index is 8.93. The van der Waals surface area contributed by atoms with Crippen LogP contribution in [0.25, 0.3) is 0 Å². The third kappa shape index (κ3) is 3.57. The van der Waals surface area contributed by atoms with Crippen molar-refractivity contribution in [3.05, 3.63) is 18.0 Å². The van der Waals surface area contributed by atoms with E-state index in [2.05, 4.69) is 34.5 Å². The van der Waals surface area contributed by atoms with E-state index in [9.17, 15) is 0 Å². The first-order chi connectivity index (χ1) is 9.78. The van der Waals surface area contributed by atoms with Crippen molar-refractivity contribution in [2.75, 3.05) is 6.61 Å². The number of nitrogens with zero attached hydrogens (tertiary/aromatic N) is 6. The highest BCUT2D eigenvalue weighted by Gasteiger charge is 2.10. The lowest BCUT2D eigenvalue weighted by atomic mass is 10.2. The molecule has 0 aliphatic rings. The molecule has 7 nitrogen and oxygen atoms in total. The van der Waals surface area contributed by atoms with Crippen LogP contribution in [0.4, 0.5) is 0 Å². The monoisotopic (exact) mass is 296 g/mol. The minimum Gasteiger partial charge on any atom is -0.394 e. The van der Waals surface area contributed by atoms with E-state index in [-0.39, 0.29) is 6.61 Å². The summed E-state index contributed by atoms with van der Waals surface area (Å²) in [6, 6.07) is 2.50. The van der Waals surface area contributed by atoms with Gasteiger partial charge in [0.15, 0.2) is 0 Å². The summed E-state index contributed by atoms with van der Waals surface area (Å²) < 4.78 is 3.63. The van der Waals surface area contributed by atoms with Crippen molar-refractivity contribution in [3.8, 4) is 0 Å². The number of hydrogen-bond donors (Lipinski definition) is 1. The van der Waals surface area contributed by atoms with Gasteiger partial charge in [0, 0.05) is 11.9 Å². The highest BCUT2D eigenvalue weighted by Crippen LogP contribution is 2.20. The van der Waals surface area contributed by atoms with Crippen LogP contribution < -0.4 is 0 Å². The molecule has 20 heavy (non-hydrogen) atoms. The minimum absolute atomic E-state index is 0.0297. The van der Waals surface area contributed by atoms with Gasteiger partial charge < -0.3 is 5.11 Å². The topological polar surface area (TPSA) is 81.7 Å². The molecule has 2 rings (SSSR count). The van der Waals surface area contributed by atoms with Gasteiger partial charge >= 0.3 is 0 Å². The van der Waals surface area contributed by atoms with Gasteiger partial charge in [-0.15, -0.1) is 5.10 Å². The molecule has 2 aromatic heterocycles. The Morgan fingerprint density at radius 2 is 2.15 bits per heavy atom. The van der Waals surface area contributed by atoms with E-state index in [4.69, 9.17) is 5.11 Å². The van der Waals surface area contributed by atoms with Gasteiger partial charge in [0.25, 0.3) is 0 Å². The first-order valence-corrected chi connectivity index (χ1v) is 7.80. The van der Waals surface area contributed by atoms with Crippen molar-refractivity contribution in [2.24, 2.45) is 0 Å². The molecule has 0 aromatic carbocycles. The third-order valence-electron chi connectivity index (χ3n) is 3.14. The van der Waals surface area contributed by atoms with Crippen molar-refractivity contribution in [2.45, 2.75) is 50.2 Å². The minimum atomic E-state index is 0.0297. The van der Waals surface area contributed by atoms with Crippen molar-refractivity contribution in [3.63, 3.8) is 0 Å². The van der Waals surface area contributed by atoms with Crippen LogP contribution >= 0.6 is 11.8 Å². The zero-order valence-electron chi connectivity index (χ0n) is 11.8. The fraction of sp³-hybridized carbons (Fsp3) is 0.667. The summed E-state index contributed by atoms with van der Waals surface area (Å²) >= 11 is 1.53. The Bertz CT molecular complexity index is 522. The van der Waals surface area contributed by atoms with Crippen LogP contribution in [0.1, 0.15) is 38.4 Å². The van der Waals surface area contributed by atoms with Gasteiger partial charge in [-0.3, -0.25) is 4.68 Å². The van der Waals surface area contributed by atoms with E-state index < -0.39 is 0 Å². The average Bonchev–Trinajstić information content (AvgIpc) is 3.08. The average molecular weight is 296 g/mol. The predicted molar refractivity (Wildman–Crippen MR) is 76.3 cm³/mol. The molecular weight excluding hydrogens is 276 g/mol. The second-order valence-electron chi connectivity index (χ2n) is 4.45. The highest BCUT2D eigenvalue weighted by molar-refractivity contribution is 7.98. The summed E-state index contributed by atoms with van der Waals surface area (Å²) in [5.41, 5.74) is 1.01. The van der Waals surface area contributed by atoms with Gasteiger partial charge in [-0.25, -0.2) is 4.68 Å². The van der Waals surface area contributed by atoms with Crippen molar-refractivity contribution in [1.82, 2.24) is 30.0 Å². The summed E-state index contributed by atoms with van der Waals surface area (Å²) in [5, 5.41) is 25.6. The molecule has 2 heterocycles. The lowest BCUT2D eigenvalue weighted by Crippen LogP contribution is -2.08. The van der Waals surface area contributed by atoms with Gasteiger partial charge in [-0.2, -0.15) is 5.10 Å². The molecular formula is C12H20N6OS. The second kappa shape index (κ2) is 7.39. The van der Waals surface area contributed by atoms with Crippen molar-refractivity contribution in [1.29, 1.82) is 0 Å². The molecule has 0 fully saturated rings. The number of thioether (sulfide) groups is 1. The molecule has 0 atom stereocenters. The smallest absolute Gasteiger partial charge is 0.209 e. The number of hydrogen-bond acceptors (Lipinski definition) is 6. The Labute approximate surface area is 122 Å². The van der Waals surface area contributed by atoms with Crippen LogP contribution in [0, 0.1) is 0 Å². The van der Waals surface area contributed by atoms with Crippen molar-refractivity contribution < 1.29 is 5.11 Å². The Hall–Kier alpha value is -1.41. The summed E-state index contributed by atoms with van der Waals surface area (Å²) in [5.74, 6) is 0.721. The van der Waals surface area contributed by atoms with Crippen molar-refractivity contribution >= 4 is 11.8 Å². The van der Waals surface area contributed by atoms with Gasteiger partial charge in [0.1, 0.15) is 0 Å². The maximum absolute atomic E-state index is 8.93. The van der Waals surface area contributed by atoms with Crippen LogP contribution in [0.5, 0.6) is 0 Å². The maximum Gasteiger partial charge on any atom is 0.209 e. The molecule has 0 bridgehead atoms. The molecule has 0 unspecified atom stereocenters. The van der Waals surface area contributed by atoms with Crippen LogP contribution in [-0.4, -0.2) is 41.7 Å². The number of aliphatic hydroxyl groups is 1. The number of aliphatic hydroxyl groups excluding tert-OH is 1. The molecule has 0 aliphatic carbocycles. The van der Waals surface area contributed by atoms with E-state index in [1.165, 1.54) is 11.8 Å². The van der Waals surface area contributed by atoms with E-state index in [1.54, 1.807) is 4.68 Å². The molecule has 8 heteroatoms. The standard InChI is InChI=1S/C12H20N6OS/c1-3-11(4-2)17-6-5-10(14-17)9-20-12-13-15-16-18(12)7-8-19/h5-6,11,19H,3-4,7-9H2,1-2H3. The third-order valence-corrected chi connectivity index (χ3v) is 4.13.